The Morgan fingerprint density at radius 3 is 2.00 bits per heavy atom. The normalized spacial score (nSPS) is 9.27. The first-order chi connectivity index (χ1) is 5.26. The maximum Gasteiger partial charge on any atom is 0.222 e. The van der Waals surface area contributed by atoms with Gasteiger partial charge < -0.3 is 14.7 Å². The monoisotopic (exact) mass is 155 g/mol. The first-order valence-corrected chi connectivity index (χ1v) is 3.08. The van der Waals surface area contributed by atoms with Crippen molar-refractivity contribution < 1.29 is 14.2 Å². The van der Waals surface area contributed by atoms with Crippen LogP contribution in [-0.4, -0.2) is 14.2 Å². The van der Waals surface area contributed by atoms with Gasteiger partial charge in [0.15, 0.2) is 11.5 Å². The standard InChI is InChI=1S/C7H9NO3/c1-10-6-3-7(11-2)5-8(9)4-6/h3-5H,1-2H3. The van der Waals surface area contributed by atoms with Crippen LogP contribution in [0.4, 0.5) is 0 Å². The minimum absolute atomic E-state index is 0.486. The van der Waals surface area contributed by atoms with Crippen molar-refractivity contribution in [3.05, 3.63) is 23.7 Å². The minimum atomic E-state index is 0.486. The van der Waals surface area contributed by atoms with Gasteiger partial charge in [0.05, 0.1) is 14.2 Å². The van der Waals surface area contributed by atoms with E-state index in [1.54, 1.807) is 6.07 Å². The molecule has 0 aliphatic heterocycles. The van der Waals surface area contributed by atoms with Gasteiger partial charge in [-0.15, -0.1) is 0 Å². The van der Waals surface area contributed by atoms with E-state index in [1.807, 2.05) is 0 Å². The fourth-order valence-electron chi connectivity index (χ4n) is 0.726. The van der Waals surface area contributed by atoms with Crippen molar-refractivity contribution in [1.82, 2.24) is 0 Å². The zero-order valence-electron chi connectivity index (χ0n) is 6.40. The molecule has 1 heterocycles. The van der Waals surface area contributed by atoms with Crippen LogP contribution in [0.3, 0.4) is 0 Å². The van der Waals surface area contributed by atoms with Crippen LogP contribution in [-0.2, 0) is 0 Å². The molecule has 1 rings (SSSR count). The molecule has 0 saturated carbocycles. The minimum Gasteiger partial charge on any atom is -0.619 e. The number of aromatic nitrogens is 1. The SMILES string of the molecule is COc1cc(OC)c[n+]([O-])c1. The van der Waals surface area contributed by atoms with Crippen molar-refractivity contribution in [3.8, 4) is 11.5 Å². The molecule has 0 amide bonds. The first kappa shape index (κ1) is 7.65. The first-order valence-electron chi connectivity index (χ1n) is 3.08. The molecule has 1 aromatic rings. The van der Waals surface area contributed by atoms with Crippen LogP contribution in [0.25, 0.3) is 0 Å². The Hall–Kier alpha value is -1.45. The average molecular weight is 155 g/mol. The molecule has 60 valence electrons. The number of pyridine rings is 1. The zero-order chi connectivity index (χ0) is 8.27. The summed E-state index contributed by atoms with van der Waals surface area (Å²) in [7, 11) is 2.99. The summed E-state index contributed by atoms with van der Waals surface area (Å²) in [6.07, 6.45) is 2.64. The average Bonchev–Trinajstić information content (AvgIpc) is 2.03. The third-order valence-electron chi connectivity index (χ3n) is 1.26. The maximum absolute atomic E-state index is 10.8. The second kappa shape index (κ2) is 3.09. The van der Waals surface area contributed by atoms with E-state index >= 15 is 0 Å². The van der Waals surface area contributed by atoms with Gasteiger partial charge >= 0.3 is 0 Å². The number of nitrogens with zero attached hydrogens (tertiary/aromatic N) is 1. The molecule has 0 fully saturated rings. The molecule has 0 aliphatic rings. The van der Waals surface area contributed by atoms with Gasteiger partial charge in [0, 0.05) is 6.07 Å². The fraction of sp³-hybridized carbons (Fsp3) is 0.286. The van der Waals surface area contributed by atoms with Crippen molar-refractivity contribution in [2.24, 2.45) is 0 Å². The highest BCUT2D eigenvalue weighted by atomic mass is 16.5. The van der Waals surface area contributed by atoms with E-state index in [9.17, 15) is 5.21 Å². The lowest BCUT2D eigenvalue weighted by atomic mass is 10.4. The quantitative estimate of drug-likeness (QED) is 0.457. The van der Waals surface area contributed by atoms with E-state index in [0.717, 1.165) is 0 Å². The van der Waals surface area contributed by atoms with Gasteiger partial charge in [-0.3, -0.25) is 0 Å². The number of methoxy groups -OCH3 is 2. The summed E-state index contributed by atoms with van der Waals surface area (Å²) >= 11 is 0. The third-order valence-corrected chi connectivity index (χ3v) is 1.26. The zero-order valence-corrected chi connectivity index (χ0v) is 6.40. The predicted octanol–water partition coefficient (Wildman–Crippen LogP) is 0.337. The molecule has 0 saturated heterocycles. The number of ether oxygens (including phenoxy) is 2. The van der Waals surface area contributed by atoms with Crippen LogP contribution >= 0.6 is 0 Å². The highest BCUT2D eigenvalue weighted by Gasteiger charge is 2.01. The van der Waals surface area contributed by atoms with Gasteiger partial charge in [-0.25, -0.2) is 0 Å². The van der Waals surface area contributed by atoms with Crippen molar-refractivity contribution in [2.45, 2.75) is 0 Å². The van der Waals surface area contributed by atoms with E-state index < -0.39 is 0 Å². The highest BCUT2D eigenvalue weighted by Crippen LogP contribution is 2.14. The largest absolute Gasteiger partial charge is 0.619 e. The van der Waals surface area contributed by atoms with E-state index in [2.05, 4.69) is 0 Å². The molecular formula is C7H9NO3. The summed E-state index contributed by atoms with van der Waals surface area (Å²) in [6, 6.07) is 1.63. The summed E-state index contributed by atoms with van der Waals surface area (Å²) in [5.74, 6) is 0.971. The highest BCUT2D eigenvalue weighted by molar-refractivity contribution is 5.25. The summed E-state index contributed by atoms with van der Waals surface area (Å²) in [5, 5.41) is 10.8. The Labute approximate surface area is 64.6 Å². The second-order valence-electron chi connectivity index (χ2n) is 1.98. The molecule has 0 N–H and O–H groups in total. The summed E-state index contributed by atoms with van der Waals surface area (Å²) < 4.78 is 10.3. The molecule has 11 heavy (non-hydrogen) atoms. The van der Waals surface area contributed by atoms with Crippen molar-refractivity contribution in [1.29, 1.82) is 0 Å². The number of hydrogen-bond acceptors (Lipinski definition) is 3. The van der Waals surface area contributed by atoms with Crippen molar-refractivity contribution >= 4 is 0 Å². The lowest BCUT2D eigenvalue weighted by molar-refractivity contribution is -0.606. The Morgan fingerprint density at radius 2 is 1.64 bits per heavy atom. The molecule has 4 nitrogen and oxygen atoms in total. The van der Waals surface area contributed by atoms with Crippen molar-refractivity contribution in [3.63, 3.8) is 0 Å². The Kier molecular flexibility index (Phi) is 2.15. The van der Waals surface area contributed by atoms with Crippen LogP contribution in [0.1, 0.15) is 0 Å². The maximum atomic E-state index is 10.8. The van der Waals surface area contributed by atoms with Gasteiger partial charge in [0.1, 0.15) is 0 Å². The smallest absolute Gasteiger partial charge is 0.222 e. The lowest BCUT2D eigenvalue weighted by Crippen LogP contribution is -2.24. The van der Waals surface area contributed by atoms with Crippen molar-refractivity contribution in [2.75, 3.05) is 14.2 Å². The molecular weight excluding hydrogens is 146 g/mol. The number of hydrogen-bond donors (Lipinski definition) is 0. The summed E-state index contributed by atoms with van der Waals surface area (Å²) in [4.78, 5) is 0. The van der Waals surface area contributed by atoms with E-state index in [1.165, 1.54) is 26.6 Å². The van der Waals surface area contributed by atoms with Gasteiger partial charge in [-0.05, 0) is 0 Å². The molecule has 0 atom stereocenters. The van der Waals surface area contributed by atoms with Crippen LogP contribution in [0.5, 0.6) is 11.5 Å². The molecule has 1 aromatic heterocycles. The van der Waals surface area contributed by atoms with Gasteiger partial charge in [0.2, 0.25) is 12.4 Å². The van der Waals surface area contributed by atoms with Crippen LogP contribution in [0.2, 0.25) is 0 Å². The Morgan fingerprint density at radius 1 is 1.18 bits per heavy atom. The molecule has 4 heteroatoms. The molecule has 0 aromatic carbocycles. The Bertz CT molecular complexity index is 227. The summed E-state index contributed by atoms with van der Waals surface area (Å²) in [5.41, 5.74) is 0. The van der Waals surface area contributed by atoms with E-state index in [-0.39, 0.29) is 0 Å². The van der Waals surface area contributed by atoms with Gasteiger partial charge in [-0.2, -0.15) is 4.73 Å². The number of rotatable bonds is 2. The molecule has 0 unspecified atom stereocenters. The molecule has 0 radical (unpaired) electrons. The van der Waals surface area contributed by atoms with Gasteiger partial charge in [-0.1, -0.05) is 0 Å². The molecule has 0 bridgehead atoms. The lowest BCUT2D eigenvalue weighted by Gasteiger charge is -2.02. The summed E-state index contributed by atoms with van der Waals surface area (Å²) in [6.45, 7) is 0. The Balaban J connectivity index is 3.02. The topological polar surface area (TPSA) is 45.4 Å². The predicted molar refractivity (Wildman–Crippen MR) is 38.5 cm³/mol. The van der Waals surface area contributed by atoms with E-state index in [0.29, 0.717) is 16.2 Å². The van der Waals surface area contributed by atoms with Crippen LogP contribution < -0.4 is 14.2 Å². The fourth-order valence-corrected chi connectivity index (χ4v) is 0.726. The van der Waals surface area contributed by atoms with Crippen LogP contribution in [0.15, 0.2) is 18.5 Å². The molecule has 0 spiro atoms. The molecule has 0 aliphatic carbocycles. The van der Waals surface area contributed by atoms with Crippen LogP contribution in [0, 0.1) is 5.21 Å². The third kappa shape index (κ3) is 1.73. The van der Waals surface area contributed by atoms with Gasteiger partial charge in [0.25, 0.3) is 0 Å². The second-order valence-corrected chi connectivity index (χ2v) is 1.98. The van der Waals surface area contributed by atoms with E-state index in [4.69, 9.17) is 9.47 Å².